The molecule has 3 aromatic rings. The molecule has 1 aromatic carbocycles. The minimum atomic E-state index is 0.276. The first-order chi connectivity index (χ1) is 10.6. The first-order valence-corrected chi connectivity index (χ1v) is 8.27. The van der Waals surface area contributed by atoms with Crippen LogP contribution in [0, 0.1) is 0 Å². The van der Waals surface area contributed by atoms with E-state index in [9.17, 15) is 0 Å². The van der Waals surface area contributed by atoms with Gasteiger partial charge in [-0.25, -0.2) is 4.98 Å². The van der Waals surface area contributed by atoms with Crippen LogP contribution in [0.4, 0.5) is 0 Å². The Morgan fingerprint density at radius 3 is 2.59 bits per heavy atom. The van der Waals surface area contributed by atoms with Gasteiger partial charge in [-0.1, -0.05) is 34.8 Å². The zero-order valence-electron chi connectivity index (χ0n) is 11.1. The van der Waals surface area contributed by atoms with E-state index in [2.05, 4.69) is 9.97 Å². The fraction of sp³-hybridized carbons (Fsp3) is 0.0667. The molecule has 0 saturated heterocycles. The van der Waals surface area contributed by atoms with Gasteiger partial charge in [0, 0.05) is 28.4 Å². The molecule has 0 radical (unpaired) electrons. The van der Waals surface area contributed by atoms with Crippen LogP contribution in [0.25, 0.3) is 10.6 Å². The summed E-state index contributed by atoms with van der Waals surface area (Å²) in [6.45, 7) is 0.276. The molecule has 0 aliphatic rings. The van der Waals surface area contributed by atoms with Gasteiger partial charge >= 0.3 is 0 Å². The maximum absolute atomic E-state index is 6.08. The first-order valence-electron chi connectivity index (χ1n) is 6.25. The molecule has 0 saturated carbocycles. The highest BCUT2D eigenvalue weighted by Gasteiger charge is 2.11. The van der Waals surface area contributed by atoms with Crippen LogP contribution in [0.3, 0.4) is 0 Å². The monoisotopic (exact) mass is 370 g/mol. The van der Waals surface area contributed by atoms with E-state index in [0.29, 0.717) is 20.8 Å². The molecule has 0 atom stereocenters. The average molecular weight is 372 g/mol. The van der Waals surface area contributed by atoms with Crippen LogP contribution in [0.1, 0.15) is 5.69 Å². The van der Waals surface area contributed by atoms with Crippen LogP contribution in [-0.4, -0.2) is 9.97 Å². The van der Waals surface area contributed by atoms with E-state index in [4.69, 9.17) is 39.5 Å². The fourth-order valence-electron chi connectivity index (χ4n) is 1.81. The Hall–Kier alpha value is -1.33. The van der Waals surface area contributed by atoms with Crippen molar-refractivity contribution in [2.24, 2.45) is 0 Å². The Balaban J connectivity index is 1.74. The summed E-state index contributed by atoms with van der Waals surface area (Å²) in [4.78, 5) is 8.60. The van der Waals surface area contributed by atoms with Gasteiger partial charge in [0.2, 0.25) is 0 Å². The van der Waals surface area contributed by atoms with Crippen molar-refractivity contribution in [3.63, 3.8) is 0 Å². The normalized spacial score (nSPS) is 10.7. The van der Waals surface area contributed by atoms with Crippen molar-refractivity contribution in [3.8, 4) is 16.3 Å². The number of thiazole rings is 1. The largest absolute Gasteiger partial charge is 0.484 e. The molecule has 3 nitrogen and oxygen atoms in total. The highest BCUT2D eigenvalue weighted by Crippen LogP contribution is 2.36. The fourth-order valence-corrected chi connectivity index (χ4v) is 3.53. The lowest BCUT2D eigenvalue weighted by Gasteiger charge is -2.09. The van der Waals surface area contributed by atoms with Crippen molar-refractivity contribution in [3.05, 3.63) is 62.8 Å². The zero-order chi connectivity index (χ0) is 15.5. The zero-order valence-corrected chi connectivity index (χ0v) is 14.2. The highest BCUT2D eigenvalue weighted by atomic mass is 35.5. The predicted molar refractivity (Wildman–Crippen MR) is 91.1 cm³/mol. The summed E-state index contributed by atoms with van der Waals surface area (Å²) in [6.07, 6.45) is 3.50. The molecule has 2 aromatic heterocycles. The van der Waals surface area contributed by atoms with E-state index < -0.39 is 0 Å². The van der Waals surface area contributed by atoms with Gasteiger partial charge in [-0.15, -0.1) is 11.3 Å². The van der Waals surface area contributed by atoms with Crippen molar-refractivity contribution in [1.82, 2.24) is 9.97 Å². The summed E-state index contributed by atoms with van der Waals surface area (Å²) < 4.78 is 5.66. The lowest BCUT2D eigenvalue weighted by Crippen LogP contribution is -1.97. The number of nitrogens with zero attached hydrogens (tertiary/aromatic N) is 2. The Kier molecular flexibility index (Phi) is 4.84. The Morgan fingerprint density at radius 2 is 1.91 bits per heavy atom. The van der Waals surface area contributed by atoms with Gasteiger partial charge in [-0.05, 0) is 24.3 Å². The molecular formula is C15H9Cl3N2OS. The Bertz CT molecular complexity index is 769. The molecule has 7 heteroatoms. The van der Waals surface area contributed by atoms with Crippen LogP contribution >= 0.6 is 46.1 Å². The van der Waals surface area contributed by atoms with Gasteiger partial charge in [-0.3, -0.25) is 4.98 Å². The molecule has 2 heterocycles. The predicted octanol–water partition coefficient (Wildman–Crippen LogP) is 5.74. The number of hydrogen-bond donors (Lipinski definition) is 0. The van der Waals surface area contributed by atoms with E-state index in [1.54, 1.807) is 24.5 Å². The van der Waals surface area contributed by atoms with E-state index in [-0.39, 0.29) is 6.61 Å². The number of halogens is 3. The number of pyridine rings is 1. The Morgan fingerprint density at radius 1 is 1.14 bits per heavy atom. The third-order valence-corrected chi connectivity index (χ3v) is 4.51. The summed E-state index contributed by atoms with van der Waals surface area (Å²) in [7, 11) is 0. The summed E-state index contributed by atoms with van der Waals surface area (Å²) in [6, 6.07) is 7.02. The van der Waals surface area contributed by atoms with E-state index >= 15 is 0 Å². The van der Waals surface area contributed by atoms with Gasteiger partial charge < -0.3 is 4.74 Å². The average Bonchev–Trinajstić information content (AvgIpc) is 2.96. The number of aromatic nitrogens is 2. The molecule has 22 heavy (non-hydrogen) atoms. The quantitative estimate of drug-likeness (QED) is 0.586. The second kappa shape index (κ2) is 6.84. The lowest BCUT2D eigenvalue weighted by molar-refractivity contribution is 0.302. The standard InChI is InChI=1S/C15H9Cl3N2OS/c16-10-4-12(17)14(13(18)5-10)21-7-11-8-22-15(20-11)9-2-1-3-19-6-9/h1-6,8H,7H2. The molecular weight excluding hydrogens is 363 g/mol. The smallest absolute Gasteiger partial charge is 0.157 e. The van der Waals surface area contributed by atoms with Crippen LogP contribution in [0.15, 0.2) is 42.0 Å². The molecule has 0 N–H and O–H groups in total. The summed E-state index contributed by atoms with van der Waals surface area (Å²) in [5, 5.41) is 4.04. The van der Waals surface area contributed by atoms with Gasteiger partial charge in [0.05, 0.1) is 15.7 Å². The van der Waals surface area contributed by atoms with Crippen molar-refractivity contribution in [1.29, 1.82) is 0 Å². The topological polar surface area (TPSA) is 35.0 Å². The van der Waals surface area contributed by atoms with Crippen LogP contribution in [-0.2, 0) is 6.61 Å². The number of hydrogen-bond acceptors (Lipinski definition) is 4. The molecule has 0 amide bonds. The molecule has 0 aliphatic carbocycles. The molecule has 0 aliphatic heterocycles. The highest BCUT2D eigenvalue weighted by molar-refractivity contribution is 7.13. The van der Waals surface area contributed by atoms with E-state index in [1.807, 2.05) is 17.5 Å². The lowest BCUT2D eigenvalue weighted by atomic mass is 10.3. The second-order valence-electron chi connectivity index (χ2n) is 4.37. The molecule has 3 rings (SSSR count). The van der Waals surface area contributed by atoms with Crippen molar-refractivity contribution in [2.45, 2.75) is 6.61 Å². The van der Waals surface area contributed by atoms with Crippen LogP contribution in [0.2, 0.25) is 15.1 Å². The van der Waals surface area contributed by atoms with Crippen molar-refractivity contribution < 1.29 is 4.74 Å². The summed E-state index contributed by atoms with van der Waals surface area (Å²) in [5.41, 5.74) is 1.77. The molecule has 0 spiro atoms. The Labute approximate surface area is 146 Å². The number of ether oxygens (including phenoxy) is 1. The van der Waals surface area contributed by atoms with Gasteiger partial charge in [0.15, 0.2) is 5.75 Å². The minimum Gasteiger partial charge on any atom is -0.484 e. The van der Waals surface area contributed by atoms with E-state index in [1.165, 1.54) is 11.3 Å². The number of rotatable bonds is 4. The van der Waals surface area contributed by atoms with Gasteiger partial charge in [0.25, 0.3) is 0 Å². The number of benzene rings is 1. The second-order valence-corrected chi connectivity index (χ2v) is 6.48. The third-order valence-electron chi connectivity index (χ3n) is 2.79. The molecule has 0 fully saturated rings. The van der Waals surface area contributed by atoms with Crippen LogP contribution < -0.4 is 4.74 Å². The van der Waals surface area contributed by atoms with Gasteiger partial charge in [0.1, 0.15) is 11.6 Å². The maximum Gasteiger partial charge on any atom is 0.157 e. The van der Waals surface area contributed by atoms with Crippen LogP contribution in [0.5, 0.6) is 5.75 Å². The maximum atomic E-state index is 6.08. The summed E-state index contributed by atoms with van der Waals surface area (Å²) in [5.74, 6) is 0.406. The third kappa shape index (κ3) is 3.52. The van der Waals surface area contributed by atoms with Crippen molar-refractivity contribution in [2.75, 3.05) is 0 Å². The van der Waals surface area contributed by atoms with E-state index in [0.717, 1.165) is 16.3 Å². The molecule has 0 unspecified atom stereocenters. The first kappa shape index (κ1) is 15.6. The molecule has 0 bridgehead atoms. The van der Waals surface area contributed by atoms with Crippen molar-refractivity contribution >= 4 is 46.1 Å². The van der Waals surface area contributed by atoms with Gasteiger partial charge in [-0.2, -0.15) is 0 Å². The summed E-state index contributed by atoms with van der Waals surface area (Å²) >= 11 is 19.6. The molecule has 112 valence electrons. The minimum absolute atomic E-state index is 0.276. The SMILES string of the molecule is Clc1cc(Cl)c(OCc2csc(-c3cccnc3)n2)c(Cl)c1.